The molecule has 2 N–H and O–H groups in total. The third kappa shape index (κ3) is 3.65. The van der Waals surface area contributed by atoms with Crippen molar-refractivity contribution in [1.29, 1.82) is 0 Å². The van der Waals surface area contributed by atoms with Crippen LogP contribution in [0.25, 0.3) is 0 Å². The molecule has 1 saturated heterocycles. The maximum absolute atomic E-state index is 12.6. The normalized spacial score (nSPS) is 20.0. The fourth-order valence-electron chi connectivity index (χ4n) is 2.76. The van der Waals surface area contributed by atoms with Crippen LogP contribution in [0.5, 0.6) is 5.75 Å². The number of carbonyl (C=O) groups is 1. The zero-order chi connectivity index (χ0) is 17.0. The van der Waals surface area contributed by atoms with Crippen LogP contribution in [-0.4, -0.2) is 53.2 Å². The molecule has 24 heavy (non-hydrogen) atoms. The van der Waals surface area contributed by atoms with Crippen molar-refractivity contribution in [2.45, 2.75) is 12.0 Å². The van der Waals surface area contributed by atoms with E-state index in [1.54, 1.807) is 30.3 Å². The van der Waals surface area contributed by atoms with Gasteiger partial charge < -0.3 is 20.1 Å². The van der Waals surface area contributed by atoms with Crippen molar-refractivity contribution in [2.24, 2.45) is 0 Å². The number of para-hydroxylation sites is 1. The van der Waals surface area contributed by atoms with Gasteiger partial charge >= 0.3 is 0 Å². The minimum absolute atomic E-state index is 0.107. The Morgan fingerprint density at radius 1 is 1.38 bits per heavy atom. The number of likely N-dealkylation sites (tertiary alicyclic amines) is 1. The summed E-state index contributed by atoms with van der Waals surface area (Å²) in [5.41, 5.74) is -0.466. The molecule has 0 unspecified atom stereocenters. The lowest BCUT2D eigenvalue weighted by molar-refractivity contribution is 0.00431. The SMILES string of the molecule is CNc1cc(C(=O)N2CC[C@](O)(COc3ccccc3)C2)ccn1. The molecule has 1 atom stereocenters. The highest BCUT2D eigenvalue weighted by molar-refractivity contribution is 5.95. The minimum atomic E-state index is -1.02. The first-order chi connectivity index (χ1) is 11.6. The molecule has 1 amide bonds. The molecule has 2 aromatic rings. The van der Waals surface area contributed by atoms with E-state index in [0.717, 1.165) is 0 Å². The molecule has 1 aliphatic heterocycles. The highest BCUT2D eigenvalue weighted by Crippen LogP contribution is 2.24. The van der Waals surface area contributed by atoms with Crippen LogP contribution in [-0.2, 0) is 0 Å². The van der Waals surface area contributed by atoms with E-state index in [-0.39, 0.29) is 19.1 Å². The van der Waals surface area contributed by atoms with Gasteiger partial charge in [0.1, 0.15) is 23.8 Å². The summed E-state index contributed by atoms with van der Waals surface area (Å²) in [6, 6.07) is 12.8. The number of aromatic nitrogens is 1. The first kappa shape index (κ1) is 16.3. The molecule has 0 aliphatic carbocycles. The first-order valence-corrected chi connectivity index (χ1v) is 7.93. The van der Waals surface area contributed by atoms with E-state index in [1.807, 2.05) is 30.3 Å². The third-order valence-electron chi connectivity index (χ3n) is 4.13. The van der Waals surface area contributed by atoms with E-state index in [1.165, 1.54) is 0 Å². The van der Waals surface area contributed by atoms with Gasteiger partial charge in [-0.05, 0) is 30.7 Å². The zero-order valence-electron chi connectivity index (χ0n) is 13.6. The van der Waals surface area contributed by atoms with Crippen molar-refractivity contribution >= 4 is 11.7 Å². The Hall–Kier alpha value is -2.60. The molecular weight excluding hydrogens is 306 g/mol. The largest absolute Gasteiger partial charge is 0.491 e. The summed E-state index contributed by atoms with van der Waals surface area (Å²) in [7, 11) is 1.76. The average Bonchev–Trinajstić information content (AvgIpc) is 3.03. The lowest BCUT2D eigenvalue weighted by Gasteiger charge is -2.23. The quantitative estimate of drug-likeness (QED) is 0.875. The lowest BCUT2D eigenvalue weighted by atomic mass is 10.1. The van der Waals surface area contributed by atoms with E-state index in [9.17, 15) is 9.90 Å². The van der Waals surface area contributed by atoms with Gasteiger partial charge in [-0.25, -0.2) is 4.98 Å². The van der Waals surface area contributed by atoms with Crippen LogP contribution in [0, 0.1) is 0 Å². The third-order valence-corrected chi connectivity index (χ3v) is 4.13. The van der Waals surface area contributed by atoms with Gasteiger partial charge in [0.05, 0.1) is 6.54 Å². The van der Waals surface area contributed by atoms with E-state index >= 15 is 0 Å². The number of hydrogen-bond acceptors (Lipinski definition) is 5. The summed E-state index contributed by atoms with van der Waals surface area (Å²) in [5, 5.41) is 13.6. The molecule has 6 nitrogen and oxygen atoms in total. The smallest absolute Gasteiger partial charge is 0.254 e. The summed E-state index contributed by atoms with van der Waals surface area (Å²) >= 11 is 0. The Morgan fingerprint density at radius 3 is 2.92 bits per heavy atom. The molecular formula is C18H21N3O3. The second-order valence-electron chi connectivity index (χ2n) is 5.98. The van der Waals surface area contributed by atoms with Crippen LogP contribution in [0.2, 0.25) is 0 Å². The summed E-state index contributed by atoms with van der Waals surface area (Å²) in [6.45, 7) is 0.930. The van der Waals surface area contributed by atoms with Gasteiger partial charge in [-0.3, -0.25) is 4.79 Å². The Kier molecular flexibility index (Phi) is 4.66. The van der Waals surface area contributed by atoms with Gasteiger partial charge in [0, 0.05) is 25.4 Å². The van der Waals surface area contributed by atoms with Crippen molar-refractivity contribution in [3.05, 3.63) is 54.2 Å². The molecule has 1 fully saturated rings. The van der Waals surface area contributed by atoms with Gasteiger partial charge in [0.2, 0.25) is 0 Å². The van der Waals surface area contributed by atoms with Crippen molar-refractivity contribution in [3.8, 4) is 5.75 Å². The molecule has 2 heterocycles. The number of rotatable bonds is 5. The van der Waals surface area contributed by atoms with Gasteiger partial charge in [-0.2, -0.15) is 0 Å². The maximum Gasteiger partial charge on any atom is 0.254 e. The van der Waals surface area contributed by atoms with E-state index in [0.29, 0.717) is 30.1 Å². The second-order valence-corrected chi connectivity index (χ2v) is 5.98. The molecule has 0 saturated carbocycles. The fraction of sp³-hybridized carbons (Fsp3) is 0.333. The monoisotopic (exact) mass is 327 g/mol. The average molecular weight is 327 g/mol. The summed E-state index contributed by atoms with van der Waals surface area (Å²) < 4.78 is 5.66. The van der Waals surface area contributed by atoms with Crippen LogP contribution in [0.4, 0.5) is 5.82 Å². The Balaban J connectivity index is 1.62. The standard InChI is InChI=1S/C18H21N3O3/c1-19-16-11-14(7-9-20-16)17(22)21-10-8-18(23,12-21)13-24-15-5-3-2-4-6-15/h2-7,9,11,23H,8,10,12-13H2,1H3,(H,19,20)/t18-/m1/s1. The first-order valence-electron chi connectivity index (χ1n) is 7.93. The second kappa shape index (κ2) is 6.88. The zero-order valence-corrected chi connectivity index (χ0v) is 13.6. The van der Waals surface area contributed by atoms with Crippen LogP contribution < -0.4 is 10.1 Å². The highest BCUT2D eigenvalue weighted by Gasteiger charge is 2.39. The molecule has 126 valence electrons. The Morgan fingerprint density at radius 2 is 2.17 bits per heavy atom. The predicted octanol–water partition coefficient (Wildman–Crippen LogP) is 1.78. The van der Waals surface area contributed by atoms with Gasteiger partial charge in [-0.1, -0.05) is 18.2 Å². The number of anilines is 1. The van der Waals surface area contributed by atoms with Crippen LogP contribution in [0.15, 0.2) is 48.7 Å². The molecule has 1 aromatic heterocycles. The number of amides is 1. The summed E-state index contributed by atoms with van der Waals surface area (Å²) in [6.07, 6.45) is 2.09. The van der Waals surface area contributed by atoms with Crippen molar-refractivity contribution in [2.75, 3.05) is 32.1 Å². The number of ether oxygens (including phenoxy) is 1. The predicted molar refractivity (Wildman–Crippen MR) is 91.2 cm³/mol. The number of aliphatic hydroxyl groups is 1. The molecule has 1 aromatic carbocycles. The highest BCUT2D eigenvalue weighted by atomic mass is 16.5. The molecule has 6 heteroatoms. The Labute approximate surface area is 141 Å². The van der Waals surface area contributed by atoms with E-state index < -0.39 is 5.60 Å². The van der Waals surface area contributed by atoms with Gasteiger partial charge in [0.25, 0.3) is 5.91 Å². The molecule has 0 radical (unpaired) electrons. The van der Waals surface area contributed by atoms with Crippen molar-refractivity contribution in [1.82, 2.24) is 9.88 Å². The van der Waals surface area contributed by atoms with Crippen molar-refractivity contribution in [3.63, 3.8) is 0 Å². The minimum Gasteiger partial charge on any atom is -0.491 e. The van der Waals surface area contributed by atoms with Crippen LogP contribution in [0.3, 0.4) is 0 Å². The number of β-amino-alcohol motifs (C(OH)–C–C–N with tert-alkyl or cyclic N) is 1. The van der Waals surface area contributed by atoms with Crippen LogP contribution >= 0.6 is 0 Å². The summed E-state index contributed by atoms with van der Waals surface area (Å²) in [5.74, 6) is 1.25. The van der Waals surface area contributed by atoms with E-state index in [4.69, 9.17) is 4.74 Å². The number of hydrogen-bond donors (Lipinski definition) is 2. The number of carbonyl (C=O) groups excluding carboxylic acids is 1. The van der Waals surface area contributed by atoms with E-state index in [2.05, 4.69) is 10.3 Å². The molecule has 0 spiro atoms. The molecule has 3 rings (SSSR count). The number of benzene rings is 1. The van der Waals surface area contributed by atoms with Crippen molar-refractivity contribution < 1.29 is 14.6 Å². The molecule has 1 aliphatic rings. The van der Waals surface area contributed by atoms with Gasteiger partial charge in [-0.15, -0.1) is 0 Å². The fourth-order valence-corrected chi connectivity index (χ4v) is 2.76. The topological polar surface area (TPSA) is 74.7 Å². The Bertz CT molecular complexity index is 708. The maximum atomic E-state index is 12.6. The number of pyridine rings is 1. The number of nitrogens with one attached hydrogen (secondary N) is 1. The number of nitrogens with zero attached hydrogens (tertiary/aromatic N) is 2. The molecule has 0 bridgehead atoms. The van der Waals surface area contributed by atoms with Crippen LogP contribution in [0.1, 0.15) is 16.8 Å². The lowest BCUT2D eigenvalue weighted by Crippen LogP contribution is -2.40. The van der Waals surface area contributed by atoms with Gasteiger partial charge in [0.15, 0.2) is 0 Å². The summed E-state index contributed by atoms with van der Waals surface area (Å²) in [4.78, 5) is 18.4.